The third-order valence-electron chi connectivity index (χ3n) is 5.74. The third-order valence-corrected chi connectivity index (χ3v) is 7.58. The van der Waals surface area contributed by atoms with E-state index in [0.29, 0.717) is 32.4 Å². The number of carbonyl (C=O) groups excluding carboxylic acids is 2. The molecule has 4 rings (SSSR count). The first-order chi connectivity index (χ1) is 12.4. The van der Waals surface area contributed by atoms with Crippen LogP contribution >= 0.6 is 0 Å². The maximum absolute atomic E-state index is 12.6. The van der Waals surface area contributed by atoms with E-state index in [4.69, 9.17) is 0 Å². The number of piperidine rings is 1. The second-order valence-electron chi connectivity index (χ2n) is 7.56. The molecule has 1 aromatic carbocycles. The van der Waals surface area contributed by atoms with Gasteiger partial charge in [0.05, 0.1) is 22.9 Å². The fourth-order valence-corrected chi connectivity index (χ4v) is 6.02. The summed E-state index contributed by atoms with van der Waals surface area (Å²) in [4.78, 5) is 26.9. The molecule has 8 heteroatoms. The van der Waals surface area contributed by atoms with Crippen LogP contribution in [0.5, 0.6) is 0 Å². The average Bonchev–Trinajstić information content (AvgIpc) is 2.95. The molecular weight excluding hydrogens is 354 g/mol. The van der Waals surface area contributed by atoms with Crippen LogP contribution in [0.25, 0.3) is 0 Å². The normalized spacial score (nSPS) is 26.1. The molecule has 26 heavy (non-hydrogen) atoms. The third kappa shape index (κ3) is 3.18. The van der Waals surface area contributed by atoms with E-state index in [2.05, 4.69) is 10.6 Å². The molecule has 0 bridgehead atoms. The Labute approximate surface area is 153 Å². The van der Waals surface area contributed by atoms with Gasteiger partial charge in [0.15, 0.2) is 9.84 Å². The standard InChI is InChI=1S/C18H23N3O4S/c22-16(11-13-5-10-26(24,25)12-13)21-8-6-18(7-9-21)17(23)19-14-3-1-2-4-15(14)20-18/h1-4,13,20H,5-12H2,(H,19,23)/t13-/m1/s1. The van der Waals surface area contributed by atoms with Gasteiger partial charge in [-0.05, 0) is 37.3 Å². The number of nitrogens with one attached hydrogen (secondary N) is 2. The van der Waals surface area contributed by atoms with Crippen LogP contribution in [0.15, 0.2) is 24.3 Å². The number of para-hydroxylation sites is 2. The first-order valence-electron chi connectivity index (χ1n) is 9.04. The van der Waals surface area contributed by atoms with Crippen LogP contribution in [0.4, 0.5) is 11.4 Å². The molecule has 0 saturated carbocycles. The molecular formula is C18H23N3O4S. The largest absolute Gasteiger partial charge is 0.369 e. The summed E-state index contributed by atoms with van der Waals surface area (Å²) in [5.74, 6) is 0.199. The number of hydrogen-bond donors (Lipinski definition) is 2. The molecule has 0 unspecified atom stereocenters. The lowest BCUT2D eigenvalue weighted by Gasteiger charge is -2.44. The van der Waals surface area contributed by atoms with Gasteiger partial charge in [-0.3, -0.25) is 9.59 Å². The van der Waals surface area contributed by atoms with Gasteiger partial charge in [-0.1, -0.05) is 12.1 Å². The van der Waals surface area contributed by atoms with Crippen LogP contribution in [0, 0.1) is 5.92 Å². The lowest BCUT2D eigenvalue weighted by Crippen LogP contribution is -2.59. The lowest BCUT2D eigenvalue weighted by molar-refractivity contribution is -0.135. The molecule has 0 aliphatic carbocycles. The molecule has 2 saturated heterocycles. The number of likely N-dealkylation sites (tertiary alicyclic amines) is 1. The lowest BCUT2D eigenvalue weighted by atomic mass is 9.84. The molecule has 2 fully saturated rings. The highest BCUT2D eigenvalue weighted by Gasteiger charge is 2.45. The summed E-state index contributed by atoms with van der Waals surface area (Å²) in [6.45, 7) is 1.00. The van der Waals surface area contributed by atoms with Crippen LogP contribution in [-0.4, -0.2) is 55.3 Å². The van der Waals surface area contributed by atoms with E-state index in [1.165, 1.54) is 0 Å². The van der Waals surface area contributed by atoms with E-state index >= 15 is 0 Å². The molecule has 1 atom stereocenters. The van der Waals surface area contributed by atoms with Gasteiger partial charge >= 0.3 is 0 Å². The first kappa shape index (κ1) is 17.3. The van der Waals surface area contributed by atoms with Crippen LogP contribution < -0.4 is 10.6 Å². The first-order valence-corrected chi connectivity index (χ1v) is 10.9. The van der Waals surface area contributed by atoms with E-state index in [0.717, 1.165) is 11.4 Å². The zero-order valence-corrected chi connectivity index (χ0v) is 15.3. The zero-order valence-electron chi connectivity index (χ0n) is 14.5. The van der Waals surface area contributed by atoms with Crippen molar-refractivity contribution in [3.63, 3.8) is 0 Å². The van der Waals surface area contributed by atoms with Crippen LogP contribution in [0.1, 0.15) is 25.7 Å². The van der Waals surface area contributed by atoms with E-state index < -0.39 is 15.4 Å². The number of nitrogens with zero attached hydrogens (tertiary/aromatic N) is 1. The highest BCUT2D eigenvalue weighted by molar-refractivity contribution is 7.91. The summed E-state index contributed by atoms with van der Waals surface area (Å²) in [6, 6.07) is 7.60. The van der Waals surface area contributed by atoms with Crippen molar-refractivity contribution in [1.82, 2.24) is 4.90 Å². The van der Waals surface area contributed by atoms with Crippen molar-refractivity contribution < 1.29 is 18.0 Å². The predicted molar refractivity (Wildman–Crippen MR) is 98.6 cm³/mol. The fraction of sp³-hybridized carbons (Fsp3) is 0.556. The van der Waals surface area contributed by atoms with E-state index in [-0.39, 0.29) is 35.7 Å². The number of benzene rings is 1. The molecule has 1 aromatic rings. The van der Waals surface area contributed by atoms with Crippen molar-refractivity contribution in [2.24, 2.45) is 5.92 Å². The summed E-state index contributed by atoms with van der Waals surface area (Å²) >= 11 is 0. The number of fused-ring (bicyclic) bond motifs is 1. The molecule has 3 aliphatic rings. The van der Waals surface area contributed by atoms with Gasteiger partial charge in [-0.15, -0.1) is 0 Å². The SMILES string of the molecule is O=C(C[C@H]1CCS(=O)(=O)C1)N1CCC2(CC1)Nc1ccccc1NC2=O. The smallest absolute Gasteiger partial charge is 0.250 e. The number of sulfone groups is 1. The number of carbonyl (C=O) groups is 2. The highest BCUT2D eigenvalue weighted by atomic mass is 32.2. The Hall–Kier alpha value is -2.09. The topological polar surface area (TPSA) is 95.6 Å². The Bertz CT molecular complexity index is 844. The van der Waals surface area contributed by atoms with Crippen molar-refractivity contribution in [2.45, 2.75) is 31.2 Å². The van der Waals surface area contributed by atoms with Crippen LogP contribution in [0.2, 0.25) is 0 Å². The molecule has 2 amide bonds. The van der Waals surface area contributed by atoms with Gasteiger partial charge in [0.1, 0.15) is 5.54 Å². The molecule has 0 radical (unpaired) electrons. The van der Waals surface area contributed by atoms with Crippen molar-refractivity contribution in [3.8, 4) is 0 Å². The highest BCUT2D eigenvalue weighted by Crippen LogP contribution is 2.36. The number of hydrogen-bond acceptors (Lipinski definition) is 5. The van der Waals surface area contributed by atoms with Crippen molar-refractivity contribution in [2.75, 3.05) is 35.2 Å². The monoisotopic (exact) mass is 377 g/mol. The quantitative estimate of drug-likeness (QED) is 0.808. The van der Waals surface area contributed by atoms with Gasteiger partial charge in [-0.25, -0.2) is 8.42 Å². The molecule has 7 nitrogen and oxygen atoms in total. The molecule has 140 valence electrons. The Morgan fingerprint density at radius 2 is 1.88 bits per heavy atom. The van der Waals surface area contributed by atoms with Crippen molar-refractivity contribution >= 4 is 33.0 Å². The summed E-state index contributed by atoms with van der Waals surface area (Å²) in [5, 5.41) is 6.34. The number of anilines is 2. The number of amides is 2. The summed E-state index contributed by atoms with van der Waals surface area (Å²) < 4.78 is 23.1. The van der Waals surface area contributed by atoms with Gasteiger partial charge < -0.3 is 15.5 Å². The molecule has 3 aliphatic heterocycles. The maximum atomic E-state index is 12.6. The predicted octanol–water partition coefficient (Wildman–Crippen LogP) is 1.24. The molecule has 2 N–H and O–H groups in total. The minimum atomic E-state index is -2.96. The molecule has 1 spiro atoms. The van der Waals surface area contributed by atoms with Gasteiger partial charge in [0.25, 0.3) is 0 Å². The minimum Gasteiger partial charge on any atom is -0.369 e. The zero-order chi connectivity index (χ0) is 18.4. The van der Waals surface area contributed by atoms with Crippen LogP contribution in [0.3, 0.4) is 0 Å². The Morgan fingerprint density at radius 3 is 2.54 bits per heavy atom. The Morgan fingerprint density at radius 1 is 1.19 bits per heavy atom. The van der Waals surface area contributed by atoms with Crippen LogP contribution in [-0.2, 0) is 19.4 Å². The second-order valence-corrected chi connectivity index (χ2v) is 9.79. The van der Waals surface area contributed by atoms with Crippen molar-refractivity contribution in [3.05, 3.63) is 24.3 Å². The fourth-order valence-electron chi connectivity index (χ4n) is 4.16. The number of rotatable bonds is 2. The molecule has 3 heterocycles. The van der Waals surface area contributed by atoms with Gasteiger partial charge in [0.2, 0.25) is 11.8 Å². The van der Waals surface area contributed by atoms with E-state index in [1.54, 1.807) is 4.90 Å². The molecule has 0 aromatic heterocycles. The van der Waals surface area contributed by atoms with E-state index in [9.17, 15) is 18.0 Å². The van der Waals surface area contributed by atoms with Crippen molar-refractivity contribution in [1.29, 1.82) is 0 Å². The maximum Gasteiger partial charge on any atom is 0.250 e. The Balaban J connectivity index is 1.38. The second kappa shape index (κ2) is 6.26. The van der Waals surface area contributed by atoms with Gasteiger partial charge in [-0.2, -0.15) is 0 Å². The van der Waals surface area contributed by atoms with E-state index in [1.807, 2.05) is 24.3 Å². The average molecular weight is 377 g/mol. The summed E-state index contributed by atoms with van der Waals surface area (Å²) in [7, 11) is -2.96. The Kier molecular flexibility index (Phi) is 4.17. The minimum absolute atomic E-state index is 0.00133. The van der Waals surface area contributed by atoms with Gasteiger partial charge in [0, 0.05) is 19.5 Å². The summed E-state index contributed by atoms with van der Waals surface area (Å²) in [6.07, 6.45) is 1.95. The summed E-state index contributed by atoms with van der Waals surface area (Å²) in [5.41, 5.74) is 1.01.